The van der Waals surface area contributed by atoms with Gasteiger partial charge in [-0.05, 0) is 56.1 Å². The number of hydrogen-bond donors (Lipinski definition) is 3. The second-order valence-electron chi connectivity index (χ2n) is 9.23. The highest BCUT2D eigenvalue weighted by molar-refractivity contribution is 5.61. The summed E-state index contributed by atoms with van der Waals surface area (Å²) in [7, 11) is 0. The van der Waals surface area contributed by atoms with E-state index in [-0.39, 0.29) is 28.4 Å². The summed E-state index contributed by atoms with van der Waals surface area (Å²) in [6.07, 6.45) is 4.17. The van der Waals surface area contributed by atoms with E-state index in [1.807, 2.05) is 6.07 Å². The second-order valence-corrected chi connectivity index (χ2v) is 9.23. The molecule has 24 heavy (non-hydrogen) atoms. The van der Waals surface area contributed by atoms with Crippen LogP contribution in [0, 0.1) is 11.3 Å². The molecule has 2 bridgehead atoms. The van der Waals surface area contributed by atoms with Gasteiger partial charge in [-0.3, -0.25) is 0 Å². The van der Waals surface area contributed by atoms with Crippen LogP contribution in [0.25, 0.3) is 0 Å². The van der Waals surface area contributed by atoms with E-state index in [1.54, 1.807) is 13.8 Å². The molecule has 1 spiro atoms. The van der Waals surface area contributed by atoms with Gasteiger partial charge in [-0.1, -0.05) is 20.3 Å². The monoisotopic (exact) mass is 332 g/mol. The Morgan fingerprint density at radius 1 is 1.17 bits per heavy atom. The lowest BCUT2D eigenvalue weighted by atomic mass is 9.48. The first-order valence-electron chi connectivity index (χ1n) is 9.02. The molecule has 1 aromatic rings. The molecule has 0 unspecified atom stereocenters. The molecule has 2 aliphatic heterocycles. The summed E-state index contributed by atoms with van der Waals surface area (Å²) in [6.45, 7) is 8.51. The number of ether oxygens (including phenoxy) is 1. The summed E-state index contributed by atoms with van der Waals surface area (Å²) >= 11 is 0. The average Bonchev–Trinajstić information content (AvgIpc) is 2.48. The SMILES string of the molecule is CC(C)(O)c1cc2c(c(O)c1O)[C@@]13CCCC(C)(C)[C@@H]1C[C@@H]2OC3. The van der Waals surface area contributed by atoms with Gasteiger partial charge in [-0.15, -0.1) is 0 Å². The predicted octanol–water partition coefficient (Wildman–Crippen LogP) is 3.86. The summed E-state index contributed by atoms with van der Waals surface area (Å²) in [6, 6.07) is 1.85. The molecule has 132 valence electrons. The first-order chi connectivity index (χ1) is 11.1. The molecule has 3 atom stereocenters. The van der Waals surface area contributed by atoms with Crippen molar-refractivity contribution >= 4 is 0 Å². The zero-order chi connectivity index (χ0) is 17.5. The highest BCUT2D eigenvalue weighted by atomic mass is 16.5. The second kappa shape index (κ2) is 4.67. The van der Waals surface area contributed by atoms with Gasteiger partial charge in [-0.2, -0.15) is 0 Å². The molecule has 1 saturated carbocycles. The van der Waals surface area contributed by atoms with Gasteiger partial charge in [0.1, 0.15) is 0 Å². The molecule has 0 amide bonds. The van der Waals surface area contributed by atoms with Gasteiger partial charge in [-0.25, -0.2) is 0 Å². The molecular weight excluding hydrogens is 304 g/mol. The zero-order valence-electron chi connectivity index (χ0n) is 15.0. The van der Waals surface area contributed by atoms with Crippen LogP contribution >= 0.6 is 0 Å². The number of rotatable bonds is 1. The Hall–Kier alpha value is -1.26. The maximum atomic E-state index is 10.9. The third kappa shape index (κ3) is 1.93. The van der Waals surface area contributed by atoms with Crippen LogP contribution in [-0.2, 0) is 15.8 Å². The third-order valence-corrected chi connectivity index (χ3v) is 6.85. The standard InChI is InChI=1S/C20H28O4/c1-18(2)6-5-7-20-10-24-13(9-14(18)20)11-8-12(19(3,4)23)16(21)17(22)15(11)20/h8,13-14,21-23H,5-7,9-10H2,1-4H3/t13-,14-,20+/m0/s1. The van der Waals surface area contributed by atoms with Gasteiger partial charge in [0, 0.05) is 16.5 Å². The Bertz CT molecular complexity index is 701. The Balaban J connectivity index is 1.98. The van der Waals surface area contributed by atoms with E-state index in [0.29, 0.717) is 18.1 Å². The Morgan fingerprint density at radius 3 is 2.54 bits per heavy atom. The normalized spacial score (nSPS) is 33.9. The molecule has 2 fully saturated rings. The molecule has 0 aromatic heterocycles. The summed E-state index contributed by atoms with van der Waals surface area (Å²) in [5, 5.41) is 31.8. The summed E-state index contributed by atoms with van der Waals surface area (Å²) in [5.74, 6) is 0.230. The predicted molar refractivity (Wildman–Crippen MR) is 91.1 cm³/mol. The highest BCUT2D eigenvalue weighted by Crippen LogP contribution is 2.66. The number of aliphatic hydroxyl groups is 1. The first-order valence-corrected chi connectivity index (χ1v) is 9.02. The molecule has 2 aliphatic carbocycles. The lowest BCUT2D eigenvalue weighted by Gasteiger charge is -2.60. The van der Waals surface area contributed by atoms with Crippen molar-refractivity contribution in [2.45, 2.75) is 70.5 Å². The number of fused-ring (bicyclic) bond motifs is 1. The molecule has 0 radical (unpaired) electrons. The first kappa shape index (κ1) is 16.2. The minimum absolute atomic E-state index is 0.0414. The number of hydrogen-bond acceptors (Lipinski definition) is 4. The van der Waals surface area contributed by atoms with Gasteiger partial charge in [0.2, 0.25) is 0 Å². The van der Waals surface area contributed by atoms with E-state index in [9.17, 15) is 15.3 Å². The number of phenolic OH excluding ortho intramolecular Hbond substituents is 2. The van der Waals surface area contributed by atoms with Crippen LogP contribution in [0.3, 0.4) is 0 Å². The Morgan fingerprint density at radius 2 is 1.88 bits per heavy atom. The van der Waals surface area contributed by atoms with E-state index >= 15 is 0 Å². The van der Waals surface area contributed by atoms with Gasteiger partial charge in [0.25, 0.3) is 0 Å². The molecule has 1 aromatic carbocycles. The van der Waals surface area contributed by atoms with Gasteiger partial charge < -0.3 is 20.1 Å². The molecule has 4 nitrogen and oxygen atoms in total. The van der Waals surface area contributed by atoms with E-state index in [4.69, 9.17) is 4.74 Å². The molecule has 3 N–H and O–H groups in total. The van der Waals surface area contributed by atoms with Crippen LogP contribution < -0.4 is 0 Å². The van der Waals surface area contributed by atoms with Gasteiger partial charge >= 0.3 is 0 Å². The molecule has 1 saturated heterocycles. The quantitative estimate of drug-likeness (QED) is 0.683. The van der Waals surface area contributed by atoms with E-state index in [2.05, 4.69) is 13.8 Å². The minimum atomic E-state index is -1.21. The van der Waals surface area contributed by atoms with Crippen molar-refractivity contribution < 1.29 is 20.1 Å². The maximum Gasteiger partial charge on any atom is 0.163 e. The number of benzene rings is 1. The van der Waals surface area contributed by atoms with Crippen molar-refractivity contribution in [3.63, 3.8) is 0 Å². The lowest BCUT2D eigenvalue weighted by molar-refractivity contribution is -0.137. The number of aromatic hydroxyl groups is 2. The van der Waals surface area contributed by atoms with Crippen molar-refractivity contribution in [2.75, 3.05) is 6.61 Å². The fourth-order valence-corrected chi connectivity index (χ4v) is 5.72. The third-order valence-electron chi connectivity index (χ3n) is 6.85. The molecule has 4 aliphatic rings. The molecule has 5 rings (SSSR count). The largest absolute Gasteiger partial charge is 0.504 e. The van der Waals surface area contributed by atoms with Gasteiger partial charge in [0.15, 0.2) is 11.5 Å². The van der Waals surface area contributed by atoms with Crippen molar-refractivity contribution in [1.82, 2.24) is 0 Å². The van der Waals surface area contributed by atoms with Crippen LogP contribution in [0.15, 0.2) is 6.07 Å². The smallest absolute Gasteiger partial charge is 0.163 e. The zero-order valence-corrected chi connectivity index (χ0v) is 15.0. The Labute approximate surface area is 143 Å². The van der Waals surface area contributed by atoms with Crippen LogP contribution in [0.2, 0.25) is 0 Å². The lowest BCUT2D eigenvalue weighted by Crippen LogP contribution is -2.57. The van der Waals surface area contributed by atoms with Crippen molar-refractivity contribution in [2.24, 2.45) is 11.3 Å². The fourth-order valence-electron chi connectivity index (χ4n) is 5.72. The summed E-state index contributed by atoms with van der Waals surface area (Å²) in [5.41, 5.74) is 0.991. The van der Waals surface area contributed by atoms with Crippen LogP contribution in [0.5, 0.6) is 11.5 Å². The van der Waals surface area contributed by atoms with Crippen molar-refractivity contribution in [3.8, 4) is 11.5 Å². The van der Waals surface area contributed by atoms with E-state index in [0.717, 1.165) is 30.4 Å². The fraction of sp³-hybridized carbons (Fsp3) is 0.700. The van der Waals surface area contributed by atoms with Crippen molar-refractivity contribution in [1.29, 1.82) is 0 Å². The summed E-state index contributed by atoms with van der Waals surface area (Å²) < 4.78 is 6.15. The van der Waals surface area contributed by atoms with Crippen LogP contribution in [0.1, 0.15) is 76.2 Å². The molecule has 2 heterocycles. The van der Waals surface area contributed by atoms with Crippen molar-refractivity contribution in [3.05, 3.63) is 22.8 Å². The maximum absolute atomic E-state index is 10.9. The van der Waals surface area contributed by atoms with Crippen LogP contribution in [-0.4, -0.2) is 21.9 Å². The molecular formula is C20H28O4. The van der Waals surface area contributed by atoms with E-state index in [1.165, 1.54) is 6.42 Å². The van der Waals surface area contributed by atoms with Crippen LogP contribution in [0.4, 0.5) is 0 Å². The molecule has 4 heteroatoms. The van der Waals surface area contributed by atoms with E-state index < -0.39 is 5.60 Å². The number of phenols is 2. The Kier molecular flexibility index (Phi) is 3.16. The van der Waals surface area contributed by atoms with Gasteiger partial charge in [0.05, 0.1) is 18.3 Å². The summed E-state index contributed by atoms with van der Waals surface area (Å²) in [4.78, 5) is 0. The topological polar surface area (TPSA) is 69.9 Å². The minimum Gasteiger partial charge on any atom is -0.504 e. The highest BCUT2D eigenvalue weighted by Gasteiger charge is 2.59. The average molecular weight is 332 g/mol.